The van der Waals surface area contributed by atoms with E-state index in [4.69, 9.17) is 4.74 Å². The lowest BCUT2D eigenvalue weighted by Crippen LogP contribution is -2.15. The first-order chi connectivity index (χ1) is 12.0. The maximum Gasteiger partial charge on any atom is 0.230 e. The van der Waals surface area contributed by atoms with Gasteiger partial charge in [-0.2, -0.15) is 11.3 Å². The molecule has 0 radical (unpaired) electrons. The van der Waals surface area contributed by atoms with Crippen molar-refractivity contribution >= 4 is 34.3 Å². The maximum atomic E-state index is 12.3. The molecule has 1 N–H and O–H groups in total. The molecule has 1 amide bonds. The number of hydrogen-bond donors (Lipinski definition) is 1. The first-order valence-electron chi connectivity index (χ1n) is 8.05. The molecule has 0 saturated heterocycles. The molecule has 0 aliphatic heterocycles. The van der Waals surface area contributed by atoms with Crippen LogP contribution < -0.4 is 10.1 Å². The van der Waals surface area contributed by atoms with E-state index >= 15 is 0 Å². The van der Waals surface area contributed by atoms with E-state index in [1.54, 1.807) is 22.7 Å². The van der Waals surface area contributed by atoms with Gasteiger partial charge >= 0.3 is 0 Å². The number of carbonyl (C=O) groups excluding carboxylic acids is 1. The molecule has 3 aromatic rings. The summed E-state index contributed by atoms with van der Waals surface area (Å²) >= 11 is 3.21. The lowest BCUT2D eigenvalue weighted by atomic mass is 10.2. The molecular formula is C19H20N2O2S2. The Morgan fingerprint density at radius 2 is 2.12 bits per heavy atom. The molecule has 0 atom stereocenters. The largest absolute Gasteiger partial charge is 0.491 e. The van der Waals surface area contributed by atoms with E-state index in [1.807, 2.05) is 55.8 Å². The highest BCUT2D eigenvalue weighted by atomic mass is 32.1. The van der Waals surface area contributed by atoms with Crippen molar-refractivity contribution in [1.29, 1.82) is 0 Å². The minimum atomic E-state index is -0.0669. The highest BCUT2D eigenvalue weighted by Crippen LogP contribution is 2.26. The zero-order valence-corrected chi connectivity index (χ0v) is 16.0. The van der Waals surface area contributed by atoms with Crippen molar-refractivity contribution in [3.8, 4) is 16.3 Å². The number of rotatable bonds is 6. The summed E-state index contributed by atoms with van der Waals surface area (Å²) in [6.45, 7) is 5.94. The van der Waals surface area contributed by atoms with Crippen LogP contribution in [0.1, 0.15) is 25.1 Å². The van der Waals surface area contributed by atoms with Gasteiger partial charge in [0, 0.05) is 22.0 Å². The zero-order valence-electron chi connectivity index (χ0n) is 14.4. The van der Waals surface area contributed by atoms with Crippen molar-refractivity contribution in [2.75, 3.05) is 5.32 Å². The number of aromatic nitrogens is 1. The summed E-state index contributed by atoms with van der Waals surface area (Å²) in [6, 6.07) is 7.73. The highest BCUT2D eigenvalue weighted by Gasteiger charge is 2.11. The van der Waals surface area contributed by atoms with Crippen LogP contribution in [-0.2, 0) is 11.2 Å². The smallest absolute Gasteiger partial charge is 0.230 e. The van der Waals surface area contributed by atoms with Gasteiger partial charge in [-0.3, -0.25) is 4.79 Å². The third kappa shape index (κ3) is 4.67. The van der Waals surface area contributed by atoms with Gasteiger partial charge in [-0.05, 0) is 56.0 Å². The molecule has 25 heavy (non-hydrogen) atoms. The molecule has 1 aromatic carbocycles. The van der Waals surface area contributed by atoms with Crippen LogP contribution in [0, 0.1) is 6.92 Å². The van der Waals surface area contributed by atoms with E-state index in [9.17, 15) is 4.79 Å². The Balaban J connectivity index is 1.63. The van der Waals surface area contributed by atoms with E-state index in [1.165, 1.54) is 0 Å². The Hall–Kier alpha value is -2.18. The average Bonchev–Trinajstić information content (AvgIpc) is 3.20. The number of aryl methyl sites for hydroxylation is 1. The Labute approximate surface area is 155 Å². The van der Waals surface area contributed by atoms with Crippen LogP contribution >= 0.6 is 22.7 Å². The normalized spacial score (nSPS) is 10.9. The van der Waals surface area contributed by atoms with Crippen molar-refractivity contribution in [1.82, 2.24) is 4.98 Å². The molecule has 0 aliphatic rings. The van der Waals surface area contributed by atoms with Crippen molar-refractivity contribution in [2.45, 2.75) is 33.3 Å². The van der Waals surface area contributed by atoms with Gasteiger partial charge < -0.3 is 10.1 Å². The van der Waals surface area contributed by atoms with Gasteiger partial charge in [0.05, 0.1) is 18.2 Å². The molecule has 0 saturated carbocycles. The van der Waals surface area contributed by atoms with Gasteiger partial charge in [0.25, 0.3) is 0 Å². The second-order valence-electron chi connectivity index (χ2n) is 6.02. The summed E-state index contributed by atoms with van der Waals surface area (Å²) < 4.78 is 5.67. The number of hydrogen-bond acceptors (Lipinski definition) is 5. The van der Waals surface area contributed by atoms with Crippen molar-refractivity contribution in [3.05, 3.63) is 51.7 Å². The molecule has 2 aromatic heterocycles. The Morgan fingerprint density at radius 1 is 1.28 bits per heavy atom. The molecule has 0 aliphatic carbocycles. The summed E-state index contributed by atoms with van der Waals surface area (Å²) in [5.74, 6) is 0.744. The fraction of sp³-hybridized carbons (Fsp3) is 0.263. The van der Waals surface area contributed by atoms with E-state index in [2.05, 4.69) is 15.7 Å². The first kappa shape index (κ1) is 17.6. The average molecular weight is 373 g/mol. The number of anilines is 1. The third-order valence-corrected chi connectivity index (χ3v) is 5.13. The lowest BCUT2D eigenvalue weighted by Gasteiger charge is -2.13. The van der Waals surface area contributed by atoms with E-state index in [0.717, 1.165) is 33.3 Å². The summed E-state index contributed by atoms with van der Waals surface area (Å²) in [7, 11) is 0. The van der Waals surface area contributed by atoms with Gasteiger partial charge in [0.2, 0.25) is 5.91 Å². The predicted octanol–water partition coefficient (Wildman–Crippen LogP) is 5.15. The third-order valence-electron chi connectivity index (χ3n) is 3.51. The van der Waals surface area contributed by atoms with Crippen LogP contribution in [0.25, 0.3) is 10.6 Å². The number of nitrogens with zero attached hydrogens (tertiary/aromatic N) is 1. The molecule has 0 unspecified atom stereocenters. The highest BCUT2D eigenvalue weighted by molar-refractivity contribution is 7.14. The number of thiazole rings is 1. The van der Waals surface area contributed by atoms with Crippen LogP contribution in [0.2, 0.25) is 0 Å². The fourth-order valence-corrected chi connectivity index (χ4v) is 3.92. The second-order valence-corrected chi connectivity index (χ2v) is 7.66. The molecule has 130 valence electrons. The minimum absolute atomic E-state index is 0.0669. The Bertz CT molecular complexity index is 854. The van der Waals surface area contributed by atoms with Gasteiger partial charge in [0.15, 0.2) is 0 Å². The van der Waals surface area contributed by atoms with Crippen LogP contribution in [0.15, 0.2) is 40.4 Å². The topological polar surface area (TPSA) is 51.2 Å². The zero-order chi connectivity index (χ0) is 17.8. The fourth-order valence-electron chi connectivity index (χ4n) is 2.39. The van der Waals surface area contributed by atoms with Crippen molar-refractivity contribution in [3.63, 3.8) is 0 Å². The molecule has 0 spiro atoms. The Kier molecular flexibility index (Phi) is 5.50. The van der Waals surface area contributed by atoms with Crippen LogP contribution in [-0.4, -0.2) is 17.0 Å². The molecule has 0 bridgehead atoms. The summed E-state index contributed by atoms with van der Waals surface area (Å²) in [5, 5.41) is 9.94. The monoisotopic (exact) mass is 372 g/mol. The second kappa shape index (κ2) is 7.80. The van der Waals surface area contributed by atoms with Gasteiger partial charge in [-0.25, -0.2) is 4.98 Å². The SMILES string of the molecule is Cc1cc(OC(C)C)ccc1NC(=O)Cc1csc(-c2ccsc2)n1. The standard InChI is InChI=1S/C19H20N2O2S2/c1-12(2)23-16-4-5-17(13(3)8-16)21-18(22)9-15-11-25-19(20-15)14-6-7-24-10-14/h4-8,10-12H,9H2,1-3H3,(H,21,22). The minimum Gasteiger partial charge on any atom is -0.491 e. The molecule has 3 rings (SSSR count). The number of thiophene rings is 1. The van der Waals surface area contributed by atoms with Gasteiger partial charge in [-0.15, -0.1) is 11.3 Å². The molecule has 0 fully saturated rings. The summed E-state index contributed by atoms with van der Waals surface area (Å²) in [6.07, 6.45) is 0.395. The first-order valence-corrected chi connectivity index (χ1v) is 9.87. The van der Waals surface area contributed by atoms with Gasteiger partial charge in [-0.1, -0.05) is 0 Å². The number of carbonyl (C=O) groups is 1. The van der Waals surface area contributed by atoms with E-state index in [-0.39, 0.29) is 18.4 Å². The molecule has 2 heterocycles. The van der Waals surface area contributed by atoms with Crippen LogP contribution in [0.5, 0.6) is 5.75 Å². The number of amides is 1. The quantitative estimate of drug-likeness (QED) is 0.651. The number of nitrogens with one attached hydrogen (secondary N) is 1. The Morgan fingerprint density at radius 3 is 2.80 bits per heavy atom. The summed E-state index contributed by atoms with van der Waals surface area (Å²) in [4.78, 5) is 16.9. The molecule has 4 nitrogen and oxygen atoms in total. The van der Waals surface area contributed by atoms with Crippen LogP contribution in [0.4, 0.5) is 5.69 Å². The van der Waals surface area contributed by atoms with Crippen LogP contribution in [0.3, 0.4) is 0 Å². The van der Waals surface area contributed by atoms with E-state index in [0.29, 0.717) is 0 Å². The van der Waals surface area contributed by atoms with Crippen molar-refractivity contribution in [2.24, 2.45) is 0 Å². The van der Waals surface area contributed by atoms with Gasteiger partial charge in [0.1, 0.15) is 10.8 Å². The van der Waals surface area contributed by atoms with E-state index < -0.39 is 0 Å². The lowest BCUT2D eigenvalue weighted by molar-refractivity contribution is -0.115. The number of benzene rings is 1. The molecular weight excluding hydrogens is 352 g/mol. The summed E-state index contributed by atoms with van der Waals surface area (Å²) in [5.41, 5.74) is 3.68. The van der Waals surface area contributed by atoms with Crippen molar-refractivity contribution < 1.29 is 9.53 Å². The molecule has 6 heteroatoms. The predicted molar refractivity (Wildman–Crippen MR) is 105 cm³/mol. The maximum absolute atomic E-state index is 12.3. The number of ether oxygens (including phenoxy) is 1.